The van der Waals surface area contributed by atoms with Gasteiger partial charge in [0.2, 0.25) is 0 Å². The van der Waals surface area contributed by atoms with Crippen molar-refractivity contribution in [3.63, 3.8) is 0 Å². The predicted octanol–water partition coefficient (Wildman–Crippen LogP) is 2.70. The third kappa shape index (κ3) is 4.37. The van der Waals surface area contributed by atoms with Crippen LogP contribution in [-0.2, 0) is 9.53 Å². The number of carbonyl (C=O) groups is 2. The number of halogens is 3. The summed E-state index contributed by atoms with van der Waals surface area (Å²) < 4.78 is 44.6. The average Bonchev–Trinajstić information content (AvgIpc) is 3.18. The number of hydrogen-bond donors (Lipinski definition) is 1. The van der Waals surface area contributed by atoms with Gasteiger partial charge in [-0.3, -0.25) is 4.79 Å². The van der Waals surface area contributed by atoms with E-state index in [-0.39, 0.29) is 17.3 Å². The van der Waals surface area contributed by atoms with E-state index >= 15 is 0 Å². The number of ketones is 1. The number of ether oxygens (including phenoxy) is 2. The fraction of sp³-hybridized carbons (Fsp3) is 0.385. The molecule has 8 heteroatoms. The van der Waals surface area contributed by atoms with Crippen LogP contribution in [0.4, 0.5) is 18.0 Å². The number of Topliss-reactive ketones (excluding diaryl/α,β-unsaturated/α-hetero) is 1. The van der Waals surface area contributed by atoms with Crippen LogP contribution in [0.2, 0.25) is 0 Å². The summed E-state index contributed by atoms with van der Waals surface area (Å²) in [6.07, 6.45) is -5.71. The molecule has 1 aliphatic rings. The van der Waals surface area contributed by atoms with Crippen LogP contribution >= 0.6 is 0 Å². The molecule has 1 aliphatic carbocycles. The molecule has 1 fully saturated rings. The Bertz CT molecular complexity index is 537. The Labute approximate surface area is 117 Å². The van der Waals surface area contributed by atoms with Crippen molar-refractivity contribution in [2.45, 2.75) is 25.3 Å². The van der Waals surface area contributed by atoms with Gasteiger partial charge in [0.25, 0.3) is 0 Å². The van der Waals surface area contributed by atoms with E-state index in [1.807, 2.05) is 0 Å². The zero-order valence-corrected chi connectivity index (χ0v) is 10.7. The minimum atomic E-state index is -4.80. The van der Waals surface area contributed by atoms with E-state index in [0.717, 1.165) is 12.1 Å². The lowest BCUT2D eigenvalue weighted by Crippen LogP contribution is -2.24. The van der Waals surface area contributed by atoms with E-state index in [9.17, 15) is 22.8 Å². The summed E-state index contributed by atoms with van der Waals surface area (Å²) in [6.45, 7) is 0. The second-order valence-corrected chi connectivity index (χ2v) is 4.61. The number of carbonyl (C=O) groups excluding carboxylic acids is 2. The third-order valence-corrected chi connectivity index (χ3v) is 2.89. The van der Waals surface area contributed by atoms with Crippen LogP contribution in [0.25, 0.3) is 0 Å². The van der Waals surface area contributed by atoms with Crippen LogP contribution in [0.5, 0.6) is 5.75 Å². The smallest absolute Gasteiger partial charge is 0.433 e. The van der Waals surface area contributed by atoms with Gasteiger partial charge in [-0.05, 0) is 25.0 Å². The SMILES string of the molecule is NC(=O)OC(C(=O)C1CC1)c1ccc(OC(F)(F)F)cc1. The number of hydrogen-bond acceptors (Lipinski definition) is 4. The van der Waals surface area contributed by atoms with E-state index in [0.29, 0.717) is 12.8 Å². The van der Waals surface area contributed by atoms with Gasteiger partial charge in [0.15, 0.2) is 11.9 Å². The molecule has 1 amide bonds. The molecule has 0 radical (unpaired) electrons. The zero-order valence-electron chi connectivity index (χ0n) is 10.7. The van der Waals surface area contributed by atoms with Gasteiger partial charge < -0.3 is 15.2 Å². The minimum Gasteiger partial charge on any atom is -0.433 e. The van der Waals surface area contributed by atoms with Gasteiger partial charge in [-0.1, -0.05) is 12.1 Å². The number of amides is 1. The maximum atomic E-state index is 12.1. The summed E-state index contributed by atoms with van der Waals surface area (Å²) >= 11 is 0. The first-order valence-electron chi connectivity index (χ1n) is 6.12. The first-order valence-corrected chi connectivity index (χ1v) is 6.12. The summed E-state index contributed by atoms with van der Waals surface area (Å²) in [5, 5.41) is 0. The highest BCUT2D eigenvalue weighted by Crippen LogP contribution is 2.36. The van der Waals surface area contributed by atoms with Crippen molar-refractivity contribution in [2.24, 2.45) is 11.7 Å². The van der Waals surface area contributed by atoms with Crippen LogP contribution < -0.4 is 10.5 Å². The molecule has 1 atom stereocenters. The third-order valence-electron chi connectivity index (χ3n) is 2.89. The lowest BCUT2D eigenvalue weighted by molar-refractivity contribution is -0.274. The maximum Gasteiger partial charge on any atom is 0.573 e. The number of primary amides is 1. The number of alkyl halides is 3. The summed E-state index contributed by atoms with van der Waals surface area (Å²) in [5.74, 6) is -0.929. The van der Waals surface area contributed by atoms with E-state index in [4.69, 9.17) is 10.5 Å². The Hall–Kier alpha value is -2.25. The largest absolute Gasteiger partial charge is 0.573 e. The molecule has 2 rings (SSSR count). The molecule has 5 nitrogen and oxygen atoms in total. The molecule has 0 aliphatic heterocycles. The highest BCUT2D eigenvalue weighted by atomic mass is 19.4. The van der Waals surface area contributed by atoms with Crippen molar-refractivity contribution < 1.29 is 32.2 Å². The standard InChI is InChI=1S/C13H12F3NO4/c14-13(15,16)21-9-5-3-8(4-6-9)11(20-12(17)19)10(18)7-1-2-7/h3-7,11H,1-2H2,(H2,17,19). The van der Waals surface area contributed by atoms with Crippen molar-refractivity contribution in [3.05, 3.63) is 29.8 Å². The molecule has 2 N–H and O–H groups in total. The summed E-state index contributed by atoms with van der Waals surface area (Å²) in [7, 11) is 0. The molecule has 0 heterocycles. The Morgan fingerprint density at radius 3 is 2.19 bits per heavy atom. The monoisotopic (exact) mass is 303 g/mol. The van der Waals surface area contributed by atoms with Crippen LogP contribution in [0, 0.1) is 5.92 Å². The van der Waals surface area contributed by atoms with Crippen molar-refractivity contribution in [1.29, 1.82) is 0 Å². The molecule has 1 aromatic rings. The normalized spacial score (nSPS) is 16.1. The van der Waals surface area contributed by atoms with E-state index < -0.39 is 24.3 Å². The lowest BCUT2D eigenvalue weighted by atomic mass is 10.0. The first kappa shape index (κ1) is 15.1. The van der Waals surface area contributed by atoms with Gasteiger partial charge in [-0.25, -0.2) is 4.79 Å². The molecule has 1 aromatic carbocycles. The van der Waals surface area contributed by atoms with Gasteiger partial charge in [0, 0.05) is 11.5 Å². The number of nitrogens with two attached hydrogens (primary N) is 1. The first-order chi connectivity index (χ1) is 9.76. The molecule has 1 saturated carbocycles. The van der Waals surface area contributed by atoms with E-state index in [1.165, 1.54) is 12.1 Å². The Morgan fingerprint density at radius 1 is 1.19 bits per heavy atom. The fourth-order valence-corrected chi connectivity index (χ4v) is 1.83. The topological polar surface area (TPSA) is 78.6 Å². The Kier molecular flexibility index (Phi) is 4.06. The van der Waals surface area contributed by atoms with Crippen LogP contribution in [-0.4, -0.2) is 18.2 Å². The fourth-order valence-electron chi connectivity index (χ4n) is 1.83. The highest BCUT2D eigenvalue weighted by Gasteiger charge is 2.37. The molecular formula is C13H12F3NO4. The van der Waals surface area contributed by atoms with Crippen molar-refractivity contribution in [1.82, 2.24) is 0 Å². The van der Waals surface area contributed by atoms with Gasteiger partial charge in [-0.2, -0.15) is 0 Å². The predicted molar refractivity (Wildman–Crippen MR) is 64.3 cm³/mol. The Balaban J connectivity index is 2.16. The summed E-state index contributed by atoms with van der Waals surface area (Å²) in [4.78, 5) is 22.9. The second kappa shape index (κ2) is 5.63. The van der Waals surface area contributed by atoms with Crippen molar-refractivity contribution in [3.8, 4) is 5.75 Å². The second-order valence-electron chi connectivity index (χ2n) is 4.61. The van der Waals surface area contributed by atoms with E-state index in [2.05, 4.69) is 4.74 Å². The van der Waals surface area contributed by atoms with Crippen molar-refractivity contribution >= 4 is 11.9 Å². The molecule has 0 saturated heterocycles. The molecular weight excluding hydrogens is 291 g/mol. The molecule has 0 aromatic heterocycles. The maximum absolute atomic E-state index is 12.1. The van der Waals surface area contributed by atoms with Crippen LogP contribution in [0.3, 0.4) is 0 Å². The van der Waals surface area contributed by atoms with Crippen molar-refractivity contribution in [2.75, 3.05) is 0 Å². The zero-order chi connectivity index (χ0) is 15.6. The average molecular weight is 303 g/mol. The van der Waals surface area contributed by atoms with Gasteiger partial charge in [0.05, 0.1) is 0 Å². The van der Waals surface area contributed by atoms with Crippen LogP contribution in [0.15, 0.2) is 24.3 Å². The van der Waals surface area contributed by atoms with Gasteiger partial charge in [0.1, 0.15) is 5.75 Å². The molecule has 21 heavy (non-hydrogen) atoms. The number of benzene rings is 1. The number of rotatable bonds is 5. The summed E-state index contributed by atoms with van der Waals surface area (Å²) in [6, 6.07) is 4.55. The van der Waals surface area contributed by atoms with Crippen LogP contribution in [0.1, 0.15) is 24.5 Å². The van der Waals surface area contributed by atoms with E-state index in [1.54, 1.807) is 0 Å². The molecule has 0 spiro atoms. The Morgan fingerprint density at radius 2 is 1.76 bits per heavy atom. The highest BCUT2D eigenvalue weighted by molar-refractivity contribution is 5.90. The molecule has 1 unspecified atom stereocenters. The molecule has 114 valence electrons. The minimum absolute atomic E-state index is 0.194. The molecule has 0 bridgehead atoms. The lowest BCUT2D eigenvalue weighted by Gasteiger charge is -2.16. The summed E-state index contributed by atoms with van der Waals surface area (Å²) in [5.41, 5.74) is 5.17. The van der Waals surface area contributed by atoms with Gasteiger partial charge in [-0.15, -0.1) is 13.2 Å². The van der Waals surface area contributed by atoms with Gasteiger partial charge >= 0.3 is 12.5 Å². The quantitative estimate of drug-likeness (QED) is 0.907.